The van der Waals surface area contributed by atoms with Crippen LogP contribution in [0.2, 0.25) is 0 Å². The first-order chi connectivity index (χ1) is 8.29. The van der Waals surface area contributed by atoms with Crippen molar-refractivity contribution in [3.8, 4) is 5.75 Å². The lowest BCUT2D eigenvalue weighted by Crippen LogP contribution is -2.40. The molecule has 0 spiro atoms. The van der Waals surface area contributed by atoms with Crippen LogP contribution >= 0.6 is 12.4 Å². The van der Waals surface area contributed by atoms with Gasteiger partial charge in [0.15, 0.2) is 0 Å². The van der Waals surface area contributed by atoms with E-state index in [1.165, 1.54) is 18.4 Å². The Hall–Kier alpha value is -0.770. The summed E-state index contributed by atoms with van der Waals surface area (Å²) in [7, 11) is 3.94. The molecule has 1 saturated heterocycles. The number of piperidine rings is 1. The zero-order valence-electron chi connectivity index (χ0n) is 11.2. The van der Waals surface area contributed by atoms with Gasteiger partial charge in [-0.1, -0.05) is 12.1 Å². The fraction of sp³-hybridized carbons (Fsp3) is 0.571. The van der Waals surface area contributed by atoms with Gasteiger partial charge in [-0.05, 0) is 50.7 Å². The quantitative estimate of drug-likeness (QED) is 0.909. The van der Waals surface area contributed by atoms with E-state index in [0.29, 0.717) is 6.04 Å². The zero-order valence-corrected chi connectivity index (χ0v) is 12.0. The van der Waals surface area contributed by atoms with Crippen LogP contribution in [0.3, 0.4) is 0 Å². The molecule has 102 valence electrons. The molecule has 0 aliphatic carbocycles. The molecule has 0 unspecified atom stereocenters. The molecule has 0 aromatic heterocycles. The van der Waals surface area contributed by atoms with Gasteiger partial charge in [-0.15, -0.1) is 12.4 Å². The van der Waals surface area contributed by atoms with Crippen molar-refractivity contribution in [2.75, 3.05) is 27.2 Å². The minimum atomic E-state index is 0. The van der Waals surface area contributed by atoms with E-state index in [4.69, 9.17) is 4.74 Å². The molecule has 2 rings (SSSR count). The lowest BCUT2D eigenvalue weighted by Gasteiger charge is -2.31. The Bertz CT molecular complexity index is 353. The highest BCUT2D eigenvalue weighted by Crippen LogP contribution is 2.17. The third kappa shape index (κ3) is 4.16. The largest absolute Gasteiger partial charge is 0.497 e. The van der Waals surface area contributed by atoms with Crippen molar-refractivity contribution in [2.24, 2.45) is 0 Å². The van der Waals surface area contributed by atoms with Crippen molar-refractivity contribution in [3.63, 3.8) is 0 Å². The SMILES string of the molecule is COc1cccc(CN(C)C2CCNCC2)c1.Cl. The molecule has 1 aromatic carbocycles. The lowest BCUT2D eigenvalue weighted by atomic mass is 10.0. The van der Waals surface area contributed by atoms with Crippen LogP contribution in [0.25, 0.3) is 0 Å². The number of hydrogen-bond donors (Lipinski definition) is 1. The topological polar surface area (TPSA) is 24.5 Å². The summed E-state index contributed by atoms with van der Waals surface area (Å²) in [6, 6.07) is 9.05. The lowest BCUT2D eigenvalue weighted by molar-refractivity contribution is 0.191. The minimum absolute atomic E-state index is 0. The zero-order chi connectivity index (χ0) is 12.1. The molecule has 0 saturated carbocycles. The molecule has 0 amide bonds. The van der Waals surface area contributed by atoms with E-state index in [2.05, 4.69) is 35.5 Å². The second-order valence-electron chi connectivity index (χ2n) is 4.75. The Kier molecular flexibility index (Phi) is 6.47. The van der Waals surface area contributed by atoms with Gasteiger partial charge < -0.3 is 10.1 Å². The van der Waals surface area contributed by atoms with Crippen LogP contribution in [0.5, 0.6) is 5.75 Å². The Morgan fingerprint density at radius 3 is 2.72 bits per heavy atom. The molecule has 1 fully saturated rings. The van der Waals surface area contributed by atoms with Gasteiger partial charge in [0.25, 0.3) is 0 Å². The number of benzene rings is 1. The Balaban J connectivity index is 0.00000162. The van der Waals surface area contributed by atoms with Crippen LogP contribution in [0.1, 0.15) is 18.4 Å². The van der Waals surface area contributed by atoms with Gasteiger partial charge in [0.05, 0.1) is 7.11 Å². The highest BCUT2D eigenvalue weighted by Gasteiger charge is 2.17. The van der Waals surface area contributed by atoms with E-state index in [1.807, 2.05) is 6.07 Å². The fourth-order valence-corrected chi connectivity index (χ4v) is 2.44. The molecule has 3 nitrogen and oxygen atoms in total. The standard InChI is InChI=1S/C14H22N2O.ClH/c1-16(13-6-8-15-9-7-13)11-12-4-3-5-14(10-12)17-2;/h3-5,10,13,15H,6-9,11H2,1-2H3;1H. The summed E-state index contributed by atoms with van der Waals surface area (Å²) in [5.41, 5.74) is 1.32. The Morgan fingerprint density at radius 2 is 2.06 bits per heavy atom. The first-order valence-corrected chi connectivity index (χ1v) is 6.33. The summed E-state index contributed by atoms with van der Waals surface area (Å²) < 4.78 is 5.25. The van der Waals surface area contributed by atoms with Crippen LogP contribution in [-0.4, -0.2) is 38.2 Å². The highest BCUT2D eigenvalue weighted by molar-refractivity contribution is 5.85. The van der Waals surface area contributed by atoms with Crippen molar-refractivity contribution in [2.45, 2.75) is 25.4 Å². The van der Waals surface area contributed by atoms with Crippen molar-refractivity contribution >= 4 is 12.4 Å². The second kappa shape index (κ2) is 7.62. The molecule has 1 N–H and O–H groups in total. The summed E-state index contributed by atoms with van der Waals surface area (Å²) in [6.07, 6.45) is 2.50. The van der Waals surface area contributed by atoms with Gasteiger partial charge in [-0.3, -0.25) is 4.90 Å². The molecule has 0 radical (unpaired) electrons. The number of methoxy groups -OCH3 is 1. The molecule has 0 atom stereocenters. The third-order valence-corrected chi connectivity index (χ3v) is 3.50. The van der Waals surface area contributed by atoms with E-state index >= 15 is 0 Å². The minimum Gasteiger partial charge on any atom is -0.497 e. The molecule has 1 heterocycles. The van der Waals surface area contributed by atoms with E-state index in [0.717, 1.165) is 25.4 Å². The van der Waals surface area contributed by atoms with E-state index in [1.54, 1.807) is 7.11 Å². The molecule has 18 heavy (non-hydrogen) atoms. The number of nitrogens with one attached hydrogen (secondary N) is 1. The van der Waals surface area contributed by atoms with Crippen molar-refractivity contribution in [1.29, 1.82) is 0 Å². The van der Waals surface area contributed by atoms with Gasteiger partial charge in [0, 0.05) is 12.6 Å². The predicted octanol–water partition coefficient (Wildman–Crippen LogP) is 2.30. The summed E-state index contributed by atoms with van der Waals surface area (Å²) in [6.45, 7) is 3.29. The maximum Gasteiger partial charge on any atom is 0.119 e. The summed E-state index contributed by atoms with van der Waals surface area (Å²) in [5, 5.41) is 3.41. The Labute approximate surface area is 116 Å². The number of ether oxygens (including phenoxy) is 1. The van der Waals surface area contributed by atoms with Gasteiger partial charge in [-0.2, -0.15) is 0 Å². The maximum absolute atomic E-state index is 5.25. The smallest absolute Gasteiger partial charge is 0.119 e. The summed E-state index contributed by atoms with van der Waals surface area (Å²) in [4.78, 5) is 2.45. The van der Waals surface area contributed by atoms with Crippen LogP contribution in [0.15, 0.2) is 24.3 Å². The normalized spacial score (nSPS) is 16.4. The van der Waals surface area contributed by atoms with Crippen LogP contribution in [-0.2, 0) is 6.54 Å². The third-order valence-electron chi connectivity index (χ3n) is 3.50. The number of halogens is 1. The first-order valence-electron chi connectivity index (χ1n) is 6.33. The van der Waals surface area contributed by atoms with Gasteiger partial charge >= 0.3 is 0 Å². The summed E-state index contributed by atoms with van der Waals surface area (Å²) in [5.74, 6) is 0.946. The first kappa shape index (κ1) is 15.3. The molecule has 4 heteroatoms. The fourth-order valence-electron chi connectivity index (χ4n) is 2.44. The molecule has 1 aliphatic heterocycles. The van der Waals surface area contributed by atoms with Crippen molar-refractivity contribution < 1.29 is 4.74 Å². The van der Waals surface area contributed by atoms with Crippen LogP contribution < -0.4 is 10.1 Å². The van der Waals surface area contributed by atoms with Crippen molar-refractivity contribution in [1.82, 2.24) is 10.2 Å². The monoisotopic (exact) mass is 270 g/mol. The molecular weight excluding hydrogens is 248 g/mol. The Morgan fingerprint density at radius 1 is 1.33 bits per heavy atom. The molecule has 1 aromatic rings. The van der Waals surface area contributed by atoms with Gasteiger partial charge in [0.2, 0.25) is 0 Å². The van der Waals surface area contributed by atoms with E-state index < -0.39 is 0 Å². The number of nitrogens with zero attached hydrogens (tertiary/aromatic N) is 1. The van der Waals surface area contributed by atoms with Gasteiger partial charge in [-0.25, -0.2) is 0 Å². The predicted molar refractivity (Wildman–Crippen MR) is 77.6 cm³/mol. The van der Waals surface area contributed by atoms with E-state index in [-0.39, 0.29) is 12.4 Å². The molecule has 1 aliphatic rings. The molecule has 0 bridgehead atoms. The summed E-state index contributed by atoms with van der Waals surface area (Å²) >= 11 is 0. The maximum atomic E-state index is 5.25. The average molecular weight is 271 g/mol. The highest BCUT2D eigenvalue weighted by atomic mass is 35.5. The average Bonchev–Trinajstić information content (AvgIpc) is 2.40. The van der Waals surface area contributed by atoms with Crippen molar-refractivity contribution in [3.05, 3.63) is 29.8 Å². The van der Waals surface area contributed by atoms with Gasteiger partial charge in [0.1, 0.15) is 5.75 Å². The van der Waals surface area contributed by atoms with E-state index in [9.17, 15) is 0 Å². The van der Waals surface area contributed by atoms with Crippen LogP contribution in [0, 0.1) is 0 Å². The van der Waals surface area contributed by atoms with Crippen LogP contribution in [0.4, 0.5) is 0 Å². The number of hydrogen-bond acceptors (Lipinski definition) is 3. The second-order valence-corrected chi connectivity index (χ2v) is 4.75. The molecular formula is C14H23ClN2O. The number of rotatable bonds is 4.